The zero-order chi connectivity index (χ0) is 21.6. The first-order valence-electron chi connectivity index (χ1n) is 7.87. The van der Waals surface area contributed by atoms with Crippen LogP contribution >= 0.6 is 11.6 Å². The molecule has 0 aromatic heterocycles. The number of methoxy groups -OCH3 is 2. The summed E-state index contributed by atoms with van der Waals surface area (Å²) in [6, 6.07) is 6.93. The summed E-state index contributed by atoms with van der Waals surface area (Å²) in [6.45, 7) is -0.646. The van der Waals surface area contributed by atoms with Gasteiger partial charge in [-0.25, -0.2) is 4.79 Å². The van der Waals surface area contributed by atoms with Gasteiger partial charge < -0.3 is 24.3 Å². The van der Waals surface area contributed by atoms with Crippen LogP contribution in [-0.2, 0) is 9.53 Å². The van der Waals surface area contributed by atoms with Crippen LogP contribution < -0.4 is 19.5 Å². The highest BCUT2D eigenvalue weighted by molar-refractivity contribution is 6.32. The number of rotatable bonds is 7. The first-order chi connectivity index (χ1) is 13.6. The molecule has 2 rings (SSSR count). The molecule has 1 amide bonds. The number of carbonyl (C=O) groups excluding carboxylic acids is 2. The summed E-state index contributed by atoms with van der Waals surface area (Å²) in [5.74, 6) is -1.47. The molecule has 0 atom stereocenters. The van der Waals surface area contributed by atoms with Crippen molar-refractivity contribution in [2.45, 2.75) is 6.36 Å². The maximum absolute atomic E-state index is 12.1. The van der Waals surface area contributed by atoms with E-state index >= 15 is 0 Å². The molecule has 0 saturated carbocycles. The van der Waals surface area contributed by atoms with Gasteiger partial charge in [-0.2, -0.15) is 0 Å². The summed E-state index contributed by atoms with van der Waals surface area (Å²) in [7, 11) is 2.80. The molecule has 0 unspecified atom stereocenters. The van der Waals surface area contributed by atoms with Gasteiger partial charge in [0.05, 0.1) is 30.5 Å². The van der Waals surface area contributed by atoms with Crippen LogP contribution in [0.4, 0.5) is 18.9 Å². The number of anilines is 1. The highest BCUT2D eigenvalue weighted by atomic mass is 35.5. The van der Waals surface area contributed by atoms with Gasteiger partial charge >= 0.3 is 12.3 Å². The van der Waals surface area contributed by atoms with E-state index in [9.17, 15) is 22.8 Å². The minimum atomic E-state index is -4.84. The van der Waals surface area contributed by atoms with Gasteiger partial charge in [-0.1, -0.05) is 11.6 Å². The van der Waals surface area contributed by atoms with E-state index < -0.39 is 30.6 Å². The van der Waals surface area contributed by atoms with Crippen molar-refractivity contribution in [1.29, 1.82) is 0 Å². The Morgan fingerprint density at radius 2 is 1.66 bits per heavy atom. The van der Waals surface area contributed by atoms with Crippen LogP contribution in [0.1, 0.15) is 10.4 Å². The third-order valence-electron chi connectivity index (χ3n) is 3.41. The molecular weight excluding hydrogens is 419 g/mol. The maximum atomic E-state index is 12.1. The van der Waals surface area contributed by atoms with Crippen LogP contribution in [0.2, 0.25) is 5.02 Å². The van der Waals surface area contributed by atoms with Gasteiger partial charge in [0.1, 0.15) is 17.2 Å². The second-order valence-electron chi connectivity index (χ2n) is 5.38. The van der Waals surface area contributed by atoms with Gasteiger partial charge in [0.25, 0.3) is 5.91 Å². The number of amides is 1. The lowest BCUT2D eigenvalue weighted by molar-refractivity contribution is -0.274. The molecule has 11 heteroatoms. The van der Waals surface area contributed by atoms with Crippen molar-refractivity contribution >= 4 is 29.2 Å². The lowest BCUT2D eigenvalue weighted by atomic mass is 10.2. The third kappa shape index (κ3) is 6.46. The van der Waals surface area contributed by atoms with Gasteiger partial charge in [0, 0.05) is 6.07 Å². The van der Waals surface area contributed by atoms with Crippen molar-refractivity contribution in [3.05, 3.63) is 47.0 Å². The van der Waals surface area contributed by atoms with E-state index in [1.807, 2.05) is 0 Å². The monoisotopic (exact) mass is 433 g/mol. The van der Waals surface area contributed by atoms with E-state index in [0.717, 1.165) is 24.3 Å². The molecule has 0 aliphatic heterocycles. The average Bonchev–Trinajstić information content (AvgIpc) is 2.65. The molecule has 156 valence electrons. The van der Waals surface area contributed by atoms with E-state index in [2.05, 4.69) is 10.1 Å². The molecule has 2 aromatic rings. The molecule has 7 nitrogen and oxygen atoms in total. The summed E-state index contributed by atoms with van der Waals surface area (Å²) in [5.41, 5.74) is 0.172. The van der Waals surface area contributed by atoms with Crippen LogP contribution in [0.5, 0.6) is 17.2 Å². The van der Waals surface area contributed by atoms with Crippen molar-refractivity contribution < 1.29 is 41.7 Å². The minimum absolute atomic E-state index is 0.0580. The van der Waals surface area contributed by atoms with Crippen LogP contribution in [0.25, 0.3) is 0 Å². The second kappa shape index (κ2) is 9.37. The fraction of sp³-hybridized carbons (Fsp3) is 0.222. The lowest BCUT2D eigenvalue weighted by Crippen LogP contribution is -2.21. The van der Waals surface area contributed by atoms with Crippen molar-refractivity contribution in [2.75, 3.05) is 26.1 Å². The van der Waals surface area contributed by atoms with Gasteiger partial charge in [0.15, 0.2) is 6.61 Å². The Morgan fingerprint density at radius 1 is 1.03 bits per heavy atom. The molecule has 2 aromatic carbocycles. The summed E-state index contributed by atoms with van der Waals surface area (Å²) in [4.78, 5) is 24.0. The highest BCUT2D eigenvalue weighted by Gasteiger charge is 2.31. The van der Waals surface area contributed by atoms with Gasteiger partial charge in [-0.05, 0) is 30.3 Å². The molecule has 0 fully saturated rings. The molecule has 0 saturated heterocycles. The predicted octanol–water partition coefficient (Wildman–Crippen LogP) is 4.05. The lowest BCUT2D eigenvalue weighted by Gasteiger charge is -2.13. The quantitative estimate of drug-likeness (QED) is 0.663. The van der Waals surface area contributed by atoms with Crippen LogP contribution in [0, 0.1) is 0 Å². The normalized spacial score (nSPS) is 10.8. The number of hydrogen-bond acceptors (Lipinski definition) is 6. The first kappa shape index (κ1) is 22.2. The second-order valence-corrected chi connectivity index (χ2v) is 5.79. The SMILES string of the molecule is COc1cc(OC)c(NC(=O)COC(=O)c2ccc(OC(F)(F)F)cc2)cc1Cl. The highest BCUT2D eigenvalue weighted by Crippen LogP contribution is 2.35. The van der Waals surface area contributed by atoms with Gasteiger partial charge in [-0.3, -0.25) is 4.79 Å². The van der Waals surface area contributed by atoms with E-state index in [4.69, 9.17) is 25.8 Å². The zero-order valence-electron chi connectivity index (χ0n) is 15.1. The minimum Gasteiger partial charge on any atom is -0.495 e. The van der Waals surface area contributed by atoms with Crippen LogP contribution in [0.3, 0.4) is 0 Å². The standard InChI is InChI=1S/C18H15ClF3NO6/c1-26-14-8-15(27-2)13(7-12(14)19)23-16(24)9-28-17(25)10-3-5-11(6-4-10)29-18(20,21)22/h3-8H,9H2,1-2H3,(H,23,24). The Balaban J connectivity index is 1.95. The van der Waals surface area contributed by atoms with Crippen molar-refractivity contribution in [3.8, 4) is 17.2 Å². The van der Waals surface area contributed by atoms with E-state index in [1.54, 1.807) is 0 Å². The number of carbonyl (C=O) groups is 2. The van der Waals surface area contributed by atoms with Gasteiger partial charge in [-0.15, -0.1) is 13.2 Å². The maximum Gasteiger partial charge on any atom is 0.573 e. The first-order valence-corrected chi connectivity index (χ1v) is 8.25. The number of benzene rings is 2. The number of halogens is 4. The van der Waals surface area contributed by atoms with Gasteiger partial charge in [0.2, 0.25) is 0 Å². The fourth-order valence-corrected chi connectivity index (χ4v) is 2.39. The summed E-state index contributed by atoms with van der Waals surface area (Å²) in [6.07, 6.45) is -4.84. The van der Waals surface area contributed by atoms with Crippen molar-refractivity contribution in [1.82, 2.24) is 0 Å². The molecule has 0 aliphatic rings. The topological polar surface area (TPSA) is 83.1 Å². The Morgan fingerprint density at radius 3 is 2.21 bits per heavy atom. The van der Waals surface area contributed by atoms with Crippen molar-refractivity contribution in [2.24, 2.45) is 0 Å². The number of hydrogen-bond donors (Lipinski definition) is 1. The molecule has 0 spiro atoms. The number of alkyl halides is 3. The Labute approximate surface area is 168 Å². The number of nitrogens with one attached hydrogen (secondary N) is 1. The fourth-order valence-electron chi connectivity index (χ4n) is 2.15. The molecule has 0 aliphatic carbocycles. The van der Waals surface area contributed by atoms with E-state index in [1.165, 1.54) is 26.4 Å². The molecular formula is C18H15ClF3NO6. The number of ether oxygens (including phenoxy) is 4. The Bertz CT molecular complexity index is 886. The molecule has 0 bridgehead atoms. The smallest absolute Gasteiger partial charge is 0.495 e. The third-order valence-corrected chi connectivity index (χ3v) is 3.70. The van der Waals surface area contributed by atoms with Crippen LogP contribution in [-0.4, -0.2) is 39.1 Å². The zero-order valence-corrected chi connectivity index (χ0v) is 15.9. The molecule has 1 N–H and O–H groups in total. The Hall–Kier alpha value is -3.14. The summed E-state index contributed by atoms with van der Waals surface area (Å²) < 4.78 is 55.1. The van der Waals surface area contributed by atoms with E-state index in [-0.39, 0.29) is 22.0 Å². The molecule has 0 heterocycles. The van der Waals surface area contributed by atoms with E-state index in [0.29, 0.717) is 5.75 Å². The molecule has 0 radical (unpaired) electrons. The summed E-state index contributed by atoms with van der Waals surface area (Å²) in [5, 5.41) is 2.69. The van der Waals surface area contributed by atoms with Crippen molar-refractivity contribution in [3.63, 3.8) is 0 Å². The number of esters is 1. The molecule has 29 heavy (non-hydrogen) atoms. The largest absolute Gasteiger partial charge is 0.573 e. The average molecular weight is 434 g/mol. The summed E-state index contributed by atoms with van der Waals surface area (Å²) >= 11 is 6.00. The van der Waals surface area contributed by atoms with Crippen LogP contribution in [0.15, 0.2) is 36.4 Å². The Kier molecular flexibility index (Phi) is 7.16. The predicted molar refractivity (Wildman–Crippen MR) is 96.6 cm³/mol.